The van der Waals surface area contributed by atoms with Gasteiger partial charge in [-0.15, -0.1) is 5.10 Å². The fraction of sp³-hybridized carbons (Fsp3) is 0.118. The Labute approximate surface area is 150 Å². The van der Waals surface area contributed by atoms with Crippen LogP contribution in [-0.4, -0.2) is 15.2 Å². The van der Waals surface area contributed by atoms with Gasteiger partial charge in [-0.3, -0.25) is 0 Å². The van der Waals surface area contributed by atoms with Crippen molar-refractivity contribution in [1.82, 2.24) is 15.2 Å². The lowest BCUT2D eigenvalue weighted by atomic mass is 10.1. The Hall–Kier alpha value is -2.37. The third-order valence-electron chi connectivity index (χ3n) is 3.40. The van der Waals surface area contributed by atoms with Crippen molar-refractivity contribution < 1.29 is 0 Å². The number of rotatable bonds is 5. The number of nitrogens with one attached hydrogen (secondary N) is 2. The Bertz CT molecular complexity index is 826. The van der Waals surface area contributed by atoms with Crippen molar-refractivity contribution in [2.24, 2.45) is 0 Å². The number of anilines is 3. The van der Waals surface area contributed by atoms with E-state index in [9.17, 15) is 0 Å². The molecule has 7 heteroatoms. The lowest BCUT2D eigenvalue weighted by molar-refractivity contribution is 0.841. The molecule has 122 valence electrons. The highest BCUT2D eigenvalue weighted by molar-refractivity contribution is 6.42. The molecular formula is C17H15Cl2N5. The summed E-state index contributed by atoms with van der Waals surface area (Å²) in [7, 11) is 0. The smallest absolute Gasteiger partial charge is 0.245 e. The fourth-order valence-corrected chi connectivity index (χ4v) is 2.46. The summed E-state index contributed by atoms with van der Waals surface area (Å²) >= 11 is 11.9. The monoisotopic (exact) mass is 359 g/mol. The molecule has 0 amide bonds. The average molecular weight is 360 g/mol. The topological polar surface area (TPSA) is 62.7 Å². The highest BCUT2D eigenvalue weighted by Gasteiger charge is 2.08. The zero-order valence-electron chi connectivity index (χ0n) is 12.9. The molecule has 3 rings (SSSR count). The summed E-state index contributed by atoms with van der Waals surface area (Å²) in [5.74, 6) is 1.00. The lowest BCUT2D eigenvalue weighted by Gasteiger charge is -2.14. The molecule has 2 aromatic carbocycles. The molecule has 0 saturated carbocycles. The van der Waals surface area contributed by atoms with Crippen LogP contribution in [0.1, 0.15) is 18.5 Å². The largest absolute Gasteiger partial charge is 0.346 e. The summed E-state index contributed by atoms with van der Waals surface area (Å²) in [6.07, 6.45) is 1.54. The minimum atomic E-state index is 0.0632. The summed E-state index contributed by atoms with van der Waals surface area (Å²) in [5, 5.41) is 15.3. The first kappa shape index (κ1) is 16.5. The van der Waals surface area contributed by atoms with Crippen molar-refractivity contribution in [2.75, 3.05) is 10.6 Å². The number of halogens is 2. The zero-order chi connectivity index (χ0) is 16.9. The van der Waals surface area contributed by atoms with Crippen LogP contribution in [0.3, 0.4) is 0 Å². The summed E-state index contributed by atoms with van der Waals surface area (Å²) < 4.78 is 0. The van der Waals surface area contributed by atoms with Crippen LogP contribution in [-0.2, 0) is 0 Å². The second-order valence-corrected chi connectivity index (χ2v) is 6.01. The molecule has 0 aliphatic heterocycles. The van der Waals surface area contributed by atoms with Crippen molar-refractivity contribution in [2.45, 2.75) is 13.0 Å². The first-order chi connectivity index (χ1) is 11.6. The molecule has 0 aliphatic rings. The maximum absolute atomic E-state index is 6.02. The molecule has 0 aliphatic carbocycles. The van der Waals surface area contributed by atoms with E-state index in [1.165, 1.54) is 0 Å². The second-order valence-electron chi connectivity index (χ2n) is 5.20. The van der Waals surface area contributed by atoms with E-state index in [-0.39, 0.29) is 6.04 Å². The first-order valence-electron chi connectivity index (χ1n) is 7.35. The van der Waals surface area contributed by atoms with Crippen LogP contribution in [0.25, 0.3) is 0 Å². The van der Waals surface area contributed by atoms with Gasteiger partial charge in [-0.05, 0) is 30.7 Å². The van der Waals surface area contributed by atoms with Crippen LogP contribution in [0.15, 0.2) is 54.7 Å². The van der Waals surface area contributed by atoms with Crippen LogP contribution in [0.4, 0.5) is 17.5 Å². The highest BCUT2D eigenvalue weighted by Crippen LogP contribution is 2.26. The number of hydrogen-bond donors (Lipinski definition) is 2. The molecule has 1 unspecified atom stereocenters. The number of hydrogen-bond acceptors (Lipinski definition) is 5. The Morgan fingerprint density at radius 2 is 1.79 bits per heavy atom. The second kappa shape index (κ2) is 7.47. The third-order valence-corrected chi connectivity index (χ3v) is 4.14. The van der Waals surface area contributed by atoms with Crippen LogP contribution in [0, 0.1) is 0 Å². The normalized spacial score (nSPS) is 11.8. The first-order valence-corrected chi connectivity index (χ1v) is 8.11. The Balaban J connectivity index is 1.73. The summed E-state index contributed by atoms with van der Waals surface area (Å²) in [6.45, 7) is 2.04. The molecule has 3 aromatic rings. The van der Waals surface area contributed by atoms with Crippen LogP contribution in [0.5, 0.6) is 0 Å². The van der Waals surface area contributed by atoms with Crippen LogP contribution >= 0.6 is 23.2 Å². The SMILES string of the molecule is CC(Nc1nncc(Nc2ccc(Cl)c(Cl)c2)n1)c1ccccc1. The van der Waals surface area contributed by atoms with Crippen molar-refractivity contribution in [3.8, 4) is 0 Å². The van der Waals surface area contributed by atoms with Crippen molar-refractivity contribution >= 4 is 40.7 Å². The van der Waals surface area contributed by atoms with Gasteiger partial charge in [0.2, 0.25) is 5.95 Å². The molecule has 1 heterocycles. The predicted octanol–water partition coefficient (Wildman–Crippen LogP) is 5.10. The molecule has 2 N–H and O–H groups in total. The van der Waals surface area contributed by atoms with Gasteiger partial charge in [0.1, 0.15) is 0 Å². The van der Waals surface area contributed by atoms with Gasteiger partial charge >= 0.3 is 0 Å². The van der Waals surface area contributed by atoms with Gasteiger partial charge in [0, 0.05) is 5.69 Å². The predicted molar refractivity (Wildman–Crippen MR) is 98.1 cm³/mol. The summed E-state index contributed by atoms with van der Waals surface area (Å²) in [4.78, 5) is 4.41. The van der Waals surface area contributed by atoms with Gasteiger partial charge in [0.05, 0.1) is 22.3 Å². The van der Waals surface area contributed by atoms with Gasteiger partial charge in [-0.25, -0.2) is 0 Å². The van der Waals surface area contributed by atoms with E-state index in [2.05, 4.69) is 25.8 Å². The maximum atomic E-state index is 6.02. The standard InChI is InChI=1S/C17H15Cl2N5/c1-11(12-5-3-2-4-6-12)21-17-23-16(10-20-24-17)22-13-7-8-14(18)15(19)9-13/h2-11H,1H3,(H2,21,22,23,24). The molecule has 0 fully saturated rings. The average Bonchev–Trinajstić information content (AvgIpc) is 2.59. The van der Waals surface area contributed by atoms with Crippen molar-refractivity contribution in [3.63, 3.8) is 0 Å². The minimum absolute atomic E-state index is 0.0632. The van der Waals surface area contributed by atoms with Gasteiger partial charge in [0.15, 0.2) is 5.82 Å². The van der Waals surface area contributed by atoms with E-state index < -0.39 is 0 Å². The molecule has 5 nitrogen and oxygen atoms in total. The van der Waals surface area contributed by atoms with Crippen molar-refractivity contribution in [1.29, 1.82) is 0 Å². The summed E-state index contributed by atoms with van der Waals surface area (Å²) in [6, 6.07) is 15.4. The lowest BCUT2D eigenvalue weighted by Crippen LogP contribution is -2.10. The molecular weight excluding hydrogens is 345 g/mol. The Kier molecular flexibility index (Phi) is 5.13. The maximum Gasteiger partial charge on any atom is 0.245 e. The number of nitrogens with zero attached hydrogens (tertiary/aromatic N) is 3. The Morgan fingerprint density at radius 1 is 1.00 bits per heavy atom. The van der Waals surface area contributed by atoms with Gasteiger partial charge in [-0.1, -0.05) is 53.5 Å². The highest BCUT2D eigenvalue weighted by atomic mass is 35.5. The van der Waals surface area contributed by atoms with E-state index in [0.717, 1.165) is 11.3 Å². The van der Waals surface area contributed by atoms with E-state index in [1.807, 2.05) is 43.3 Å². The molecule has 0 radical (unpaired) electrons. The minimum Gasteiger partial charge on any atom is -0.346 e. The molecule has 1 atom stereocenters. The molecule has 0 bridgehead atoms. The van der Waals surface area contributed by atoms with E-state index in [4.69, 9.17) is 23.2 Å². The summed E-state index contributed by atoms with van der Waals surface area (Å²) in [5.41, 5.74) is 1.91. The number of benzene rings is 2. The van der Waals surface area contributed by atoms with Gasteiger partial charge in [-0.2, -0.15) is 10.1 Å². The molecule has 1 aromatic heterocycles. The van der Waals surface area contributed by atoms with Crippen molar-refractivity contribution in [3.05, 3.63) is 70.3 Å². The Morgan fingerprint density at radius 3 is 2.54 bits per heavy atom. The van der Waals surface area contributed by atoms with E-state index >= 15 is 0 Å². The number of aromatic nitrogens is 3. The molecule has 24 heavy (non-hydrogen) atoms. The van der Waals surface area contributed by atoms with Gasteiger partial charge < -0.3 is 10.6 Å². The fourth-order valence-electron chi connectivity index (χ4n) is 2.17. The van der Waals surface area contributed by atoms with Crippen LogP contribution in [0.2, 0.25) is 10.0 Å². The van der Waals surface area contributed by atoms with Crippen LogP contribution < -0.4 is 10.6 Å². The zero-order valence-corrected chi connectivity index (χ0v) is 14.4. The quantitative estimate of drug-likeness (QED) is 0.663. The molecule has 0 spiro atoms. The van der Waals surface area contributed by atoms with E-state index in [1.54, 1.807) is 18.3 Å². The van der Waals surface area contributed by atoms with E-state index in [0.29, 0.717) is 21.8 Å². The molecule has 0 saturated heterocycles. The third kappa shape index (κ3) is 4.13. The van der Waals surface area contributed by atoms with Gasteiger partial charge in [0.25, 0.3) is 0 Å².